The summed E-state index contributed by atoms with van der Waals surface area (Å²) in [6, 6.07) is 4.17. The van der Waals surface area contributed by atoms with Crippen LogP contribution in [0.2, 0.25) is 0 Å². The van der Waals surface area contributed by atoms with Crippen LogP contribution in [0, 0.1) is 11.2 Å². The number of nitrogens with one attached hydrogen (secondary N) is 1. The molecular weight excluding hydrogens is 287 g/mol. The van der Waals surface area contributed by atoms with E-state index in [1.54, 1.807) is 19.9 Å². The topological polar surface area (TPSA) is 84.6 Å². The second kappa shape index (κ2) is 7.17. The highest BCUT2D eigenvalue weighted by molar-refractivity contribution is 5.94. The van der Waals surface area contributed by atoms with E-state index >= 15 is 0 Å². The summed E-state index contributed by atoms with van der Waals surface area (Å²) in [6.07, 6.45) is 0. The first-order valence-corrected chi connectivity index (χ1v) is 7.12. The molecule has 1 amide bonds. The number of aliphatic hydroxyl groups excluding tert-OH is 1. The molecular formula is C16H25FN2O3. The summed E-state index contributed by atoms with van der Waals surface area (Å²) in [5.41, 5.74) is 5.10. The van der Waals surface area contributed by atoms with Gasteiger partial charge in [-0.25, -0.2) is 4.39 Å². The fourth-order valence-corrected chi connectivity index (χ4v) is 1.69. The Balaban J connectivity index is 2.64. The van der Waals surface area contributed by atoms with Crippen LogP contribution in [-0.4, -0.2) is 29.8 Å². The van der Waals surface area contributed by atoms with Crippen LogP contribution in [0.5, 0.6) is 0 Å². The van der Waals surface area contributed by atoms with Crippen molar-refractivity contribution in [3.63, 3.8) is 0 Å². The fraction of sp³-hybridized carbons (Fsp3) is 0.562. The summed E-state index contributed by atoms with van der Waals surface area (Å²) >= 11 is 0. The van der Waals surface area contributed by atoms with Crippen LogP contribution in [0.3, 0.4) is 0 Å². The Kier molecular flexibility index (Phi) is 6.05. The highest BCUT2D eigenvalue weighted by Crippen LogP contribution is 2.21. The van der Waals surface area contributed by atoms with Crippen LogP contribution in [0.4, 0.5) is 10.1 Å². The summed E-state index contributed by atoms with van der Waals surface area (Å²) in [4.78, 5) is 12.3. The van der Waals surface area contributed by atoms with Crippen molar-refractivity contribution in [1.82, 2.24) is 0 Å². The van der Waals surface area contributed by atoms with Crippen LogP contribution < -0.4 is 11.1 Å². The largest absolute Gasteiger partial charge is 0.392 e. The van der Waals surface area contributed by atoms with Gasteiger partial charge < -0.3 is 20.9 Å². The molecule has 0 unspecified atom stereocenters. The van der Waals surface area contributed by atoms with Gasteiger partial charge in [0.1, 0.15) is 5.82 Å². The van der Waals surface area contributed by atoms with E-state index in [-0.39, 0.29) is 24.7 Å². The molecule has 5 nitrogen and oxygen atoms in total. The molecule has 0 aliphatic carbocycles. The van der Waals surface area contributed by atoms with Gasteiger partial charge in [0.2, 0.25) is 5.91 Å². The van der Waals surface area contributed by atoms with Crippen LogP contribution in [0.1, 0.15) is 33.3 Å². The van der Waals surface area contributed by atoms with Crippen molar-refractivity contribution in [2.75, 3.05) is 18.5 Å². The van der Waals surface area contributed by atoms with Crippen LogP contribution in [0.15, 0.2) is 18.2 Å². The molecule has 0 aromatic heterocycles. The Morgan fingerprint density at radius 1 is 1.32 bits per heavy atom. The number of aliphatic hydroxyl groups is 1. The molecule has 1 aromatic carbocycles. The highest BCUT2D eigenvalue weighted by Gasteiger charge is 2.29. The van der Waals surface area contributed by atoms with Crippen molar-refractivity contribution >= 4 is 11.6 Å². The van der Waals surface area contributed by atoms with Crippen molar-refractivity contribution in [2.45, 2.75) is 39.8 Å². The van der Waals surface area contributed by atoms with E-state index in [2.05, 4.69) is 5.32 Å². The maximum absolute atomic E-state index is 13.6. The number of hydrogen-bond acceptors (Lipinski definition) is 4. The summed E-state index contributed by atoms with van der Waals surface area (Å²) in [5, 5.41) is 11.6. The molecule has 0 saturated heterocycles. The smallest absolute Gasteiger partial charge is 0.232 e. The summed E-state index contributed by atoms with van der Waals surface area (Å²) in [7, 11) is 0. The van der Waals surface area contributed by atoms with Gasteiger partial charge in [-0.05, 0) is 39.8 Å². The number of rotatable bonds is 7. The van der Waals surface area contributed by atoms with E-state index in [0.717, 1.165) is 0 Å². The molecule has 1 aromatic rings. The standard InChI is InChI=1S/C16H25FN2O3/c1-15(2,9-22-10-16(3,4)18)14(21)19-12-6-5-11(8-20)13(17)7-12/h5-7,20H,8-10,18H2,1-4H3,(H,19,21). The Labute approximate surface area is 130 Å². The van der Waals surface area contributed by atoms with E-state index in [1.807, 2.05) is 13.8 Å². The third kappa shape index (κ3) is 5.71. The number of carbonyl (C=O) groups is 1. The Morgan fingerprint density at radius 3 is 2.45 bits per heavy atom. The maximum Gasteiger partial charge on any atom is 0.232 e. The zero-order chi connectivity index (χ0) is 17.0. The quantitative estimate of drug-likeness (QED) is 0.719. The van der Waals surface area contributed by atoms with Crippen LogP contribution in [-0.2, 0) is 16.1 Å². The number of anilines is 1. The Bertz CT molecular complexity index is 525. The average Bonchev–Trinajstić information content (AvgIpc) is 2.37. The summed E-state index contributed by atoms with van der Waals surface area (Å²) in [6.45, 7) is 7.32. The number of hydrogen-bond donors (Lipinski definition) is 3. The lowest BCUT2D eigenvalue weighted by molar-refractivity contribution is -0.127. The number of benzene rings is 1. The molecule has 0 aliphatic heterocycles. The van der Waals surface area contributed by atoms with Gasteiger partial charge in [0.15, 0.2) is 0 Å². The van der Waals surface area contributed by atoms with Crippen LogP contribution >= 0.6 is 0 Å². The number of halogens is 1. The van der Waals surface area contributed by atoms with Gasteiger partial charge in [-0.1, -0.05) is 6.07 Å². The Hall–Kier alpha value is -1.50. The molecule has 0 heterocycles. The van der Waals surface area contributed by atoms with Crippen molar-refractivity contribution < 1.29 is 19.0 Å². The highest BCUT2D eigenvalue weighted by atomic mass is 19.1. The molecule has 0 bridgehead atoms. The average molecular weight is 312 g/mol. The van der Waals surface area contributed by atoms with E-state index in [4.69, 9.17) is 15.6 Å². The third-order valence-electron chi connectivity index (χ3n) is 3.03. The second-order valence-corrected chi connectivity index (χ2v) is 6.78. The predicted molar refractivity (Wildman–Crippen MR) is 83.8 cm³/mol. The molecule has 0 atom stereocenters. The predicted octanol–water partition coefficient (Wildman–Crippen LogP) is 2.04. The lowest BCUT2D eigenvalue weighted by Gasteiger charge is -2.26. The SMILES string of the molecule is CC(C)(N)COCC(C)(C)C(=O)Nc1ccc(CO)c(F)c1. The summed E-state index contributed by atoms with van der Waals surface area (Å²) < 4.78 is 19.1. The molecule has 124 valence electrons. The minimum Gasteiger partial charge on any atom is -0.392 e. The maximum atomic E-state index is 13.6. The number of amides is 1. The molecule has 1 rings (SSSR count). The zero-order valence-electron chi connectivity index (χ0n) is 13.6. The van der Waals surface area contributed by atoms with E-state index in [1.165, 1.54) is 12.1 Å². The molecule has 0 radical (unpaired) electrons. The van der Waals surface area contributed by atoms with Gasteiger partial charge in [0.25, 0.3) is 0 Å². The van der Waals surface area contributed by atoms with E-state index < -0.39 is 16.8 Å². The fourth-order valence-electron chi connectivity index (χ4n) is 1.69. The monoisotopic (exact) mass is 312 g/mol. The Morgan fingerprint density at radius 2 is 1.95 bits per heavy atom. The van der Waals surface area contributed by atoms with Crippen molar-refractivity contribution in [3.05, 3.63) is 29.6 Å². The first-order valence-electron chi connectivity index (χ1n) is 7.12. The number of carbonyl (C=O) groups excluding carboxylic acids is 1. The number of ether oxygens (including phenoxy) is 1. The van der Waals surface area contributed by atoms with E-state index in [9.17, 15) is 9.18 Å². The molecule has 4 N–H and O–H groups in total. The molecule has 6 heteroatoms. The molecule has 0 aliphatic rings. The van der Waals surface area contributed by atoms with Crippen molar-refractivity contribution in [3.8, 4) is 0 Å². The van der Waals surface area contributed by atoms with Crippen molar-refractivity contribution in [2.24, 2.45) is 11.1 Å². The van der Waals surface area contributed by atoms with Gasteiger partial charge in [-0.15, -0.1) is 0 Å². The van der Waals surface area contributed by atoms with Gasteiger partial charge in [0, 0.05) is 16.8 Å². The third-order valence-corrected chi connectivity index (χ3v) is 3.03. The number of nitrogens with two attached hydrogens (primary N) is 1. The van der Waals surface area contributed by atoms with Gasteiger partial charge in [0.05, 0.1) is 25.2 Å². The lowest BCUT2D eigenvalue weighted by atomic mass is 9.93. The molecule has 22 heavy (non-hydrogen) atoms. The first-order chi connectivity index (χ1) is 10.0. The van der Waals surface area contributed by atoms with Crippen LogP contribution in [0.25, 0.3) is 0 Å². The minimum absolute atomic E-state index is 0.186. The minimum atomic E-state index is -0.780. The summed E-state index contributed by atoms with van der Waals surface area (Å²) in [5.74, 6) is -0.835. The lowest BCUT2D eigenvalue weighted by Crippen LogP contribution is -2.41. The van der Waals surface area contributed by atoms with Gasteiger partial charge >= 0.3 is 0 Å². The van der Waals surface area contributed by atoms with Crippen molar-refractivity contribution in [1.29, 1.82) is 0 Å². The second-order valence-electron chi connectivity index (χ2n) is 6.78. The molecule has 0 spiro atoms. The van der Waals surface area contributed by atoms with Gasteiger partial charge in [-0.3, -0.25) is 4.79 Å². The van der Waals surface area contributed by atoms with E-state index in [0.29, 0.717) is 12.3 Å². The zero-order valence-corrected chi connectivity index (χ0v) is 13.6. The first kappa shape index (κ1) is 18.5. The normalized spacial score (nSPS) is 12.3. The van der Waals surface area contributed by atoms with Gasteiger partial charge in [-0.2, -0.15) is 0 Å². The molecule has 0 saturated carbocycles. The molecule has 0 fully saturated rings.